The average Bonchev–Trinajstić information content (AvgIpc) is 2.30. The molecule has 1 atom stereocenters. The van der Waals surface area contributed by atoms with E-state index >= 15 is 0 Å². The Morgan fingerprint density at radius 2 is 2.36 bits per heavy atom. The summed E-state index contributed by atoms with van der Waals surface area (Å²) >= 11 is 0. The maximum Gasteiger partial charge on any atom is 0.200 e. The molecule has 56 valence electrons. The molecule has 2 aromatic rings. The van der Waals surface area contributed by atoms with Crippen molar-refractivity contribution in [3.05, 3.63) is 23.7 Å². The molecule has 2 aromatic heterocycles. The molecule has 0 spiro atoms. The molecule has 11 heavy (non-hydrogen) atoms. The standard InChI is InChI=1S/C7H6N2OS/c8-5-4-11(10)6-2-1-3-9-7(5)6/h1-4H,8H2. The normalized spacial score (nSPS) is 12.3. The van der Waals surface area contributed by atoms with Crippen LogP contribution in [0.15, 0.2) is 23.7 Å². The first-order chi connectivity index (χ1) is 5.29. The molecule has 0 radical (unpaired) electrons. The summed E-state index contributed by atoms with van der Waals surface area (Å²) in [7, 11) is -1.08. The number of hydrogen-bond donors (Lipinski definition) is 1. The van der Waals surface area contributed by atoms with Crippen LogP contribution < -0.4 is 5.73 Å². The SMILES string of the molecule is Nc1c[s+]([O-])c2cccnc12. The quantitative estimate of drug-likeness (QED) is 0.604. The molecule has 3 nitrogen and oxygen atoms in total. The smallest absolute Gasteiger partial charge is 0.200 e. The van der Waals surface area contributed by atoms with Gasteiger partial charge in [0.25, 0.3) is 0 Å². The van der Waals surface area contributed by atoms with Crippen molar-refractivity contribution in [3.8, 4) is 0 Å². The minimum Gasteiger partial charge on any atom is -0.590 e. The van der Waals surface area contributed by atoms with E-state index in [-0.39, 0.29) is 0 Å². The van der Waals surface area contributed by atoms with E-state index < -0.39 is 10.8 Å². The van der Waals surface area contributed by atoms with E-state index in [9.17, 15) is 4.55 Å². The van der Waals surface area contributed by atoms with Gasteiger partial charge in [-0.05, 0) is 16.8 Å². The lowest BCUT2D eigenvalue weighted by atomic mass is 10.4. The Kier molecular flexibility index (Phi) is 1.30. The molecule has 0 saturated carbocycles. The molecule has 2 heterocycles. The van der Waals surface area contributed by atoms with Gasteiger partial charge in [0.1, 0.15) is 5.69 Å². The van der Waals surface area contributed by atoms with Crippen LogP contribution in [0.3, 0.4) is 0 Å². The second kappa shape index (κ2) is 2.18. The summed E-state index contributed by atoms with van der Waals surface area (Å²) in [5, 5.41) is 1.51. The van der Waals surface area contributed by atoms with E-state index in [4.69, 9.17) is 5.73 Å². The van der Waals surface area contributed by atoms with E-state index in [0.29, 0.717) is 15.9 Å². The van der Waals surface area contributed by atoms with Crippen LogP contribution in [0, 0.1) is 0 Å². The van der Waals surface area contributed by atoms with Crippen molar-refractivity contribution < 1.29 is 4.55 Å². The Labute approximate surface area is 66.3 Å². The number of thiophene rings is 1. The van der Waals surface area contributed by atoms with Crippen LogP contribution in [0.2, 0.25) is 0 Å². The van der Waals surface area contributed by atoms with Crippen LogP contribution in [0.4, 0.5) is 5.69 Å². The molecule has 2 rings (SSSR count). The number of nitrogen functional groups attached to an aromatic ring is 1. The van der Waals surface area contributed by atoms with Crippen LogP contribution in [0.25, 0.3) is 10.2 Å². The first kappa shape index (κ1) is 6.57. The predicted molar refractivity (Wildman–Crippen MR) is 44.8 cm³/mol. The topological polar surface area (TPSA) is 62.0 Å². The second-order valence-corrected chi connectivity index (χ2v) is 3.49. The summed E-state index contributed by atoms with van der Waals surface area (Å²) in [5.74, 6) is 0. The highest BCUT2D eigenvalue weighted by Crippen LogP contribution is 2.32. The number of hydrogen-bond acceptors (Lipinski definition) is 3. The van der Waals surface area contributed by atoms with E-state index in [1.165, 1.54) is 5.38 Å². The predicted octanol–water partition coefficient (Wildman–Crippen LogP) is 1.54. The van der Waals surface area contributed by atoms with Gasteiger partial charge in [0.2, 0.25) is 0 Å². The van der Waals surface area contributed by atoms with Crippen molar-refractivity contribution in [1.29, 1.82) is 0 Å². The fraction of sp³-hybridized carbons (Fsp3) is 0. The monoisotopic (exact) mass is 166 g/mol. The average molecular weight is 166 g/mol. The van der Waals surface area contributed by atoms with Crippen molar-refractivity contribution in [2.45, 2.75) is 0 Å². The fourth-order valence-electron chi connectivity index (χ4n) is 1.00. The molecule has 2 N–H and O–H groups in total. The number of fused-ring (bicyclic) bond motifs is 1. The van der Waals surface area contributed by atoms with E-state index in [2.05, 4.69) is 4.98 Å². The lowest BCUT2D eigenvalue weighted by Crippen LogP contribution is -1.81. The number of aromatic nitrogens is 1. The van der Waals surface area contributed by atoms with Gasteiger partial charge in [-0.2, -0.15) is 0 Å². The highest BCUT2D eigenvalue weighted by molar-refractivity contribution is 7.30. The van der Waals surface area contributed by atoms with Crippen molar-refractivity contribution in [2.24, 2.45) is 0 Å². The highest BCUT2D eigenvalue weighted by Gasteiger charge is 2.09. The summed E-state index contributed by atoms with van der Waals surface area (Å²) in [6.45, 7) is 0. The third-order valence-corrected chi connectivity index (χ3v) is 2.73. The van der Waals surface area contributed by atoms with Gasteiger partial charge in [0, 0.05) is 12.3 Å². The van der Waals surface area contributed by atoms with Gasteiger partial charge in [0.15, 0.2) is 15.6 Å². The van der Waals surface area contributed by atoms with Gasteiger partial charge < -0.3 is 10.3 Å². The highest BCUT2D eigenvalue weighted by atomic mass is 32.2. The molecule has 0 fully saturated rings. The van der Waals surface area contributed by atoms with Crippen LogP contribution in [-0.4, -0.2) is 9.54 Å². The zero-order valence-corrected chi connectivity index (χ0v) is 6.47. The van der Waals surface area contributed by atoms with Crippen LogP contribution >= 0.6 is 10.8 Å². The first-order valence-electron chi connectivity index (χ1n) is 3.12. The van der Waals surface area contributed by atoms with Crippen molar-refractivity contribution in [2.75, 3.05) is 5.73 Å². The minimum atomic E-state index is -1.08. The molecular weight excluding hydrogens is 160 g/mol. The number of pyridine rings is 1. The third-order valence-electron chi connectivity index (χ3n) is 1.49. The largest absolute Gasteiger partial charge is 0.590 e. The molecule has 0 aromatic carbocycles. The zero-order valence-electron chi connectivity index (χ0n) is 5.65. The third kappa shape index (κ3) is 0.875. The van der Waals surface area contributed by atoms with Gasteiger partial charge in [-0.25, -0.2) is 4.98 Å². The summed E-state index contributed by atoms with van der Waals surface area (Å²) in [6, 6.07) is 3.53. The number of nitrogens with two attached hydrogens (primary N) is 1. The number of nitrogens with zero attached hydrogens (tertiary/aromatic N) is 1. The molecule has 0 bridgehead atoms. The van der Waals surface area contributed by atoms with Crippen LogP contribution in [0.1, 0.15) is 0 Å². The summed E-state index contributed by atoms with van der Waals surface area (Å²) in [6.07, 6.45) is 1.64. The zero-order chi connectivity index (χ0) is 7.84. The maximum atomic E-state index is 11.2. The molecule has 0 aliphatic rings. The number of rotatable bonds is 0. The minimum absolute atomic E-state index is 0.513. The Morgan fingerprint density at radius 3 is 3.09 bits per heavy atom. The Morgan fingerprint density at radius 1 is 1.55 bits per heavy atom. The van der Waals surface area contributed by atoms with Crippen molar-refractivity contribution >= 4 is 26.7 Å². The summed E-state index contributed by atoms with van der Waals surface area (Å²) < 4.78 is 11.9. The molecular formula is C7H6N2OS. The fourth-order valence-corrected chi connectivity index (χ4v) is 2.05. The van der Waals surface area contributed by atoms with E-state index in [1.807, 2.05) is 0 Å². The first-order valence-corrected chi connectivity index (χ1v) is 4.33. The van der Waals surface area contributed by atoms with Crippen LogP contribution in [-0.2, 0) is 0 Å². The van der Waals surface area contributed by atoms with Crippen LogP contribution in [0.5, 0.6) is 0 Å². The lowest BCUT2D eigenvalue weighted by molar-refractivity contribution is 0.600. The molecule has 0 saturated heterocycles. The van der Waals surface area contributed by atoms with Crippen molar-refractivity contribution in [1.82, 2.24) is 4.98 Å². The van der Waals surface area contributed by atoms with Gasteiger partial charge in [0.05, 0.1) is 0 Å². The molecule has 0 amide bonds. The Bertz CT molecular complexity index is 360. The Hall–Kier alpha value is -1.13. The summed E-state index contributed by atoms with van der Waals surface area (Å²) in [5.41, 5.74) is 6.71. The van der Waals surface area contributed by atoms with E-state index in [0.717, 1.165) is 0 Å². The van der Waals surface area contributed by atoms with Gasteiger partial charge in [-0.15, -0.1) is 0 Å². The van der Waals surface area contributed by atoms with Crippen molar-refractivity contribution in [3.63, 3.8) is 0 Å². The maximum absolute atomic E-state index is 11.2. The van der Waals surface area contributed by atoms with Gasteiger partial charge in [-0.3, -0.25) is 0 Å². The molecule has 0 aliphatic carbocycles. The lowest BCUT2D eigenvalue weighted by Gasteiger charge is -1.86. The molecule has 0 aliphatic heterocycles. The summed E-state index contributed by atoms with van der Waals surface area (Å²) in [4.78, 5) is 4.00. The Balaban J connectivity index is 2.95. The molecule has 4 heteroatoms. The number of anilines is 1. The molecule has 1 unspecified atom stereocenters. The van der Waals surface area contributed by atoms with Gasteiger partial charge in [-0.1, -0.05) is 0 Å². The second-order valence-electron chi connectivity index (χ2n) is 2.22. The van der Waals surface area contributed by atoms with E-state index in [1.54, 1.807) is 18.3 Å². The van der Waals surface area contributed by atoms with Gasteiger partial charge >= 0.3 is 0 Å².